The summed E-state index contributed by atoms with van der Waals surface area (Å²) in [6.07, 6.45) is 7.72. The zero-order valence-corrected chi connectivity index (χ0v) is 6.42. The number of fused-ring (bicyclic) bond motifs is 5. The fourth-order valence-electron chi connectivity index (χ4n) is 3.69. The highest BCUT2D eigenvalue weighted by atomic mass is 14.5. The molecule has 1 heteroatoms. The van der Waals surface area contributed by atoms with Crippen LogP contribution < -0.4 is 0 Å². The predicted molar refractivity (Wildman–Crippen MR) is 43.3 cm³/mol. The van der Waals surface area contributed by atoms with Gasteiger partial charge in [-0.05, 0) is 11.8 Å². The molecule has 3 fully saturated rings. The average molecular weight is 133 g/mol. The van der Waals surface area contributed by atoms with Crippen molar-refractivity contribution in [2.75, 3.05) is 0 Å². The molecule has 1 saturated carbocycles. The second-order valence-electron chi connectivity index (χ2n) is 4.36. The first-order chi connectivity index (χ1) is 4.95. The van der Waals surface area contributed by atoms with Crippen molar-refractivity contribution in [3.8, 4) is 0 Å². The standard InChI is InChI=1S/C9H14B/c1-2-6-7(3-1)9-5-4-8(6)10-9/h6-9H,1-5H2. The van der Waals surface area contributed by atoms with E-state index in [0.717, 1.165) is 23.5 Å². The zero-order chi connectivity index (χ0) is 6.55. The summed E-state index contributed by atoms with van der Waals surface area (Å²) >= 11 is 0. The van der Waals surface area contributed by atoms with E-state index in [1.807, 2.05) is 0 Å². The van der Waals surface area contributed by atoms with Crippen LogP contribution in [0.5, 0.6) is 0 Å². The molecule has 4 atom stereocenters. The highest BCUT2D eigenvalue weighted by Crippen LogP contribution is 2.60. The number of hydrogen-bond acceptors (Lipinski definition) is 0. The summed E-state index contributed by atoms with van der Waals surface area (Å²) in [4.78, 5) is 0. The summed E-state index contributed by atoms with van der Waals surface area (Å²) in [7, 11) is 2.68. The van der Waals surface area contributed by atoms with Crippen molar-refractivity contribution in [3.63, 3.8) is 0 Å². The Hall–Kier alpha value is 0.0649. The topological polar surface area (TPSA) is 0 Å². The van der Waals surface area contributed by atoms with Crippen molar-refractivity contribution < 1.29 is 0 Å². The Morgan fingerprint density at radius 1 is 0.800 bits per heavy atom. The van der Waals surface area contributed by atoms with Gasteiger partial charge in [0.25, 0.3) is 0 Å². The maximum atomic E-state index is 2.68. The van der Waals surface area contributed by atoms with Gasteiger partial charge in [0.1, 0.15) is 7.28 Å². The van der Waals surface area contributed by atoms with Gasteiger partial charge in [-0.2, -0.15) is 0 Å². The fraction of sp³-hybridized carbons (Fsp3) is 1.00. The van der Waals surface area contributed by atoms with Gasteiger partial charge in [-0.1, -0.05) is 43.7 Å². The van der Waals surface area contributed by atoms with Crippen LogP contribution >= 0.6 is 0 Å². The van der Waals surface area contributed by atoms with Gasteiger partial charge < -0.3 is 0 Å². The summed E-state index contributed by atoms with van der Waals surface area (Å²) in [5.74, 6) is 4.44. The molecule has 1 aliphatic carbocycles. The van der Waals surface area contributed by atoms with Crippen LogP contribution in [0.3, 0.4) is 0 Å². The first kappa shape index (κ1) is 5.68. The number of rotatable bonds is 0. The summed E-state index contributed by atoms with van der Waals surface area (Å²) in [5.41, 5.74) is 0. The predicted octanol–water partition coefficient (Wildman–Crippen LogP) is 2.49. The summed E-state index contributed by atoms with van der Waals surface area (Å²) in [6.45, 7) is 0. The van der Waals surface area contributed by atoms with E-state index in [2.05, 4.69) is 7.28 Å². The van der Waals surface area contributed by atoms with Crippen molar-refractivity contribution >= 4 is 7.28 Å². The summed E-state index contributed by atoms with van der Waals surface area (Å²) in [6, 6.07) is 0. The van der Waals surface area contributed by atoms with E-state index in [1.54, 1.807) is 12.8 Å². The number of hydrogen-bond donors (Lipinski definition) is 0. The largest absolute Gasteiger partial charge is 0.118 e. The van der Waals surface area contributed by atoms with Gasteiger partial charge in [-0.15, -0.1) is 0 Å². The Morgan fingerprint density at radius 3 is 2.00 bits per heavy atom. The Kier molecular flexibility index (Phi) is 1.03. The van der Waals surface area contributed by atoms with Crippen LogP contribution in [0, 0.1) is 11.8 Å². The van der Waals surface area contributed by atoms with Gasteiger partial charge in [0, 0.05) is 0 Å². The Labute approximate surface area is 63.6 Å². The molecule has 2 saturated heterocycles. The molecule has 0 nitrogen and oxygen atoms in total. The van der Waals surface area contributed by atoms with E-state index in [-0.39, 0.29) is 0 Å². The lowest BCUT2D eigenvalue weighted by Gasteiger charge is -2.24. The smallest absolute Gasteiger partial charge is 0.0656 e. The first-order valence-corrected chi connectivity index (χ1v) is 4.80. The van der Waals surface area contributed by atoms with Gasteiger partial charge in [0.05, 0.1) is 0 Å². The normalized spacial score (nSPS) is 56.8. The highest BCUT2D eigenvalue weighted by Gasteiger charge is 2.49. The average Bonchev–Trinajstić information content (AvgIpc) is 2.60. The molecule has 0 aromatic rings. The van der Waals surface area contributed by atoms with Crippen molar-refractivity contribution in [2.24, 2.45) is 11.8 Å². The maximum absolute atomic E-state index is 2.68. The SMILES string of the molecule is [B]1C2CCC1C1CCCC21. The molecule has 3 rings (SSSR count). The van der Waals surface area contributed by atoms with E-state index in [1.165, 1.54) is 19.3 Å². The molecule has 0 amide bonds. The van der Waals surface area contributed by atoms with Gasteiger partial charge in [-0.3, -0.25) is 0 Å². The first-order valence-electron chi connectivity index (χ1n) is 4.80. The monoisotopic (exact) mass is 133 g/mol. The third-order valence-corrected chi connectivity index (χ3v) is 4.05. The van der Waals surface area contributed by atoms with Crippen molar-refractivity contribution in [3.05, 3.63) is 0 Å². The molecule has 0 aromatic heterocycles. The third kappa shape index (κ3) is 0.550. The fourth-order valence-corrected chi connectivity index (χ4v) is 3.69. The highest BCUT2D eigenvalue weighted by molar-refractivity contribution is 6.42. The molecule has 10 heavy (non-hydrogen) atoms. The minimum Gasteiger partial charge on any atom is -0.0656 e. The van der Waals surface area contributed by atoms with Crippen LogP contribution in [0.1, 0.15) is 32.1 Å². The maximum Gasteiger partial charge on any atom is 0.118 e. The molecule has 3 aliphatic rings. The van der Waals surface area contributed by atoms with Crippen molar-refractivity contribution in [2.45, 2.75) is 43.7 Å². The van der Waals surface area contributed by atoms with E-state index in [0.29, 0.717) is 0 Å². The minimum absolute atomic E-state index is 1.07. The summed E-state index contributed by atoms with van der Waals surface area (Å²) in [5, 5.41) is 0. The Balaban J connectivity index is 1.92. The van der Waals surface area contributed by atoms with Crippen molar-refractivity contribution in [1.82, 2.24) is 0 Å². The minimum atomic E-state index is 1.07. The molecule has 0 aromatic carbocycles. The van der Waals surface area contributed by atoms with Crippen LogP contribution in [0.25, 0.3) is 0 Å². The molecule has 2 aliphatic heterocycles. The van der Waals surface area contributed by atoms with E-state index >= 15 is 0 Å². The lowest BCUT2D eigenvalue weighted by molar-refractivity contribution is 0.321. The van der Waals surface area contributed by atoms with E-state index in [9.17, 15) is 0 Å². The van der Waals surface area contributed by atoms with Gasteiger partial charge in [-0.25, -0.2) is 0 Å². The molecular formula is C9H14B. The zero-order valence-electron chi connectivity index (χ0n) is 6.42. The van der Waals surface area contributed by atoms with Crippen molar-refractivity contribution in [1.29, 1.82) is 0 Å². The quantitative estimate of drug-likeness (QED) is 0.445. The van der Waals surface area contributed by atoms with Gasteiger partial charge in [0.2, 0.25) is 0 Å². The molecule has 2 heterocycles. The van der Waals surface area contributed by atoms with Crippen LogP contribution in [-0.2, 0) is 0 Å². The molecule has 4 unspecified atom stereocenters. The molecule has 1 radical (unpaired) electrons. The van der Waals surface area contributed by atoms with Gasteiger partial charge >= 0.3 is 0 Å². The van der Waals surface area contributed by atoms with Crippen LogP contribution in [0.4, 0.5) is 0 Å². The second kappa shape index (κ2) is 1.81. The van der Waals surface area contributed by atoms with Gasteiger partial charge in [0.15, 0.2) is 0 Å². The lowest BCUT2D eigenvalue weighted by Crippen LogP contribution is -2.10. The second-order valence-corrected chi connectivity index (χ2v) is 4.36. The van der Waals surface area contributed by atoms with Crippen LogP contribution in [-0.4, -0.2) is 7.28 Å². The van der Waals surface area contributed by atoms with E-state index in [4.69, 9.17) is 0 Å². The lowest BCUT2D eigenvalue weighted by atomic mass is 9.64. The molecule has 2 bridgehead atoms. The Morgan fingerprint density at radius 2 is 1.40 bits per heavy atom. The molecule has 0 N–H and O–H groups in total. The summed E-state index contributed by atoms with van der Waals surface area (Å²) < 4.78 is 0. The third-order valence-electron chi connectivity index (χ3n) is 4.05. The molecular weight excluding hydrogens is 119 g/mol. The van der Waals surface area contributed by atoms with Crippen LogP contribution in [0.2, 0.25) is 11.6 Å². The molecule has 53 valence electrons. The Bertz CT molecular complexity index is 139. The van der Waals surface area contributed by atoms with E-state index < -0.39 is 0 Å². The molecule has 0 spiro atoms. The van der Waals surface area contributed by atoms with Crippen LogP contribution in [0.15, 0.2) is 0 Å².